The first-order valence-corrected chi connectivity index (χ1v) is 8.03. The number of rotatable bonds is 4. The second-order valence-corrected chi connectivity index (χ2v) is 8.18. The van der Waals surface area contributed by atoms with Gasteiger partial charge < -0.3 is 0 Å². The van der Waals surface area contributed by atoms with E-state index >= 15 is 0 Å². The average Bonchev–Trinajstić information content (AvgIpc) is 2.18. The summed E-state index contributed by atoms with van der Waals surface area (Å²) in [5, 5.41) is 0. The molecule has 4 nitrogen and oxygen atoms in total. The van der Waals surface area contributed by atoms with Gasteiger partial charge in [0.1, 0.15) is 5.82 Å². The van der Waals surface area contributed by atoms with E-state index in [1.807, 2.05) is 26.8 Å². The van der Waals surface area contributed by atoms with Crippen LogP contribution in [0.25, 0.3) is 0 Å². The van der Waals surface area contributed by atoms with Crippen molar-refractivity contribution in [2.75, 3.05) is 10.5 Å². The van der Waals surface area contributed by atoms with Gasteiger partial charge in [0.25, 0.3) is 0 Å². The minimum atomic E-state index is -3.30. The van der Waals surface area contributed by atoms with Crippen molar-refractivity contribution in [3.05, 3.63) is 21.9 Å². The van der Waals surface area contributed by atoms with Gasteiger partial charge in [-0.25, -0.2) is 13.4 Å². The lowest BCUT2D eigenvalue weighted by Crippen LogP contribution is -2.21. The molecule has 1 rings (SSSR count). The van der Waals surface area contributed by atoms with Gasteiger partial charge in [-0.15, -0.1) is 0 Å². The lowest BCUT2D eigenvalue weighted by molar-refractivity contribution is 0.397. The molecule has 1 aromatic rings. The number of aromatic nitrogens is 1. The van der Waals surface area contributed by atoms with E-state index in [0.29, 0.717) is 12.2 Å². The molecule has 0 saturated carbocycles. The molecular weight excluding hydrogens is 351 g/mol. The Kier molecular flexibility index (Phi) is 4.77. The molecule has 96 valence electrons. The monoisotopic (exact) mass is 368 g/mol. The summed E-state index contributed by atoms with van der Waals surface area (Å²) in [6.07, 6.45) is 2.24. The number of anilines is 1. The van der Waals surface area contributed by atoms with Crippen LogP contribution in [0.4, 0.5) is 5.82 Å². The molecule has 0 aliphatic rings. The van der Waals surface area contributed by atoms with Crippen molar-refractivity contribution in [2.24, 2.45) is 5.41 Å². The van der Waals surface area contributed by atoms with Gasteiger partial charge in [-0.05, 0) is 46.6 Å². The largest absolute Gasteiger partial charge is 0.267 e. The summed E-state index contributed by atoms with van der Waals surface area (Å²) in [4.78, 5) is 4.01. The van der Waals surface area contributed by atoms with Crippen LogP contribution in [-0.4, -0.2) is 19.2 Å². The Labute approximate surface area is 116 Å². The summed E-state index contributed by atoms with van der Waals surface area (Å²) in [6, 6.07) is 3.48. The maximum atomic E-state index is 11.8. The Balaban J connectivity index is 2.64. The number of hydrogen-bond donors (Lipinski definition) is 1. The van der Waals surface area contributed by atoms with E-state index in [2.05, 4.69) is 32.3 Å². The first-order valence-electron chi connectivity index (χ1n) is 5.30. The molecule has 1 N–H and O–H groups in total. The summed E-state index contributed by atoms with van der Waals surface area (Å²) >= 11 is 2.12. The van der Waals surface area contributed by atoms with Crippen LogP contribution >= 0.6 is 22.6 Å². The normalized spacial score (nSPS) is 12.5. The minimum absolute atomic E-state index is 0.00818. The quantitative estimate of drug-likeness (QED) is 0.832. The summed E-state index contributed by atoms with van der Waals surface area (Å²) < 4.78 is 27.0. The molecule has 0 bridgehead atoms. The van der Waals surface area contributed by atoms with Crippen LogP contribution in [-0.2, 0) is 10.0 Å². The van der Waals surface area contributed by atoms with E-state index in [-0.39, 0.29) is 11.2 Å². The van der Waals surface area contributed by atoms with E-state index in [1.54, 1.807) is 12.3 Å². The fraction of sp³-hybridized carbons (Fsp3) is 0.545. The average molecular weight is 368 g/mol. The summed E-state index contributed by atoms with van der Waals surface area (Å²) in [6.45, 7) is 6.06. The Morgan fingerprint density at radius 2 is 2.00 bits per heavy atom. The van der Waals surface area contributed by atoms with Gasteiger partial charge in [0, 0.05) is 9.77 Å². The second-order valence-electron chi connectivity index (χ2n) is 5.09. The zero-order valence-corrected chi connectivity index (χ0v) is 13.2. The minimum Gasteiger partial charge on any atom is -0.267 e. The molecule has 0 saturated heterocycles. The first-order chi connectivity index (χ1) is 7.68. The van der Waals surface area contributed by atoms with E-state index < -0.39 is 10.0 Å². The fourth-order valence-corrected chi connectivity index (χ4v) is 2.83. The number of pyridine rings is 1. The molecule has 0 aliphatic heterocycles. The Bertz CT molecular complexity index is 463. The van der Waals surface area contributed by atoms with Crippen molar-refractivity contribution in [1.29, 1.82) is 0 Å². The Hall–Kier alpha value is -0.370. The number of hydrogen-bond acceptors (Lipinski definition) is 3. The molecular formula is C11H17IN2O2S. The first kappa shape index (κ1) is 14.7. The summed E-state index contributed by atoms with van der Waals surface area (Å²) in [7, 11) is -3.30. The molecule has 0 unspecified atom stereocenters. The van der Waals surface area contributed by atoms with Gasteiger partial charge >= 0.3 is 0 Å². The predicted octanol–water partition coefficient (Wildman–Crippen LogP) is 2.86. The van der Waals surface area contributed by atoms with Gasteiger partial charge in [-0.1, -0.05) is 20.8 Å². The molecule has 1 aromatic heterocycles. The van der Waals surface area contributed by atoms with Crippen LogP contribution in [0.3, 0.4) is 0 Å². The number of sulfonamides is 1. The number of nitrogens with zero attached hydrogens (tertiary/aromatic N) is 1. The third-order valence-corrected chi connectivity index (χ3v) is 4.01. The third-order valence-electron chi connectivity index (χ3n) is 2.11. The van der Waals surface area contributed by atoms with Crippen LogP contribution in [0, 0.1) is 8.99 Å². The van der Waals surface area contributed by atoms with Crippen molar-refractivity contribution in [1.82, 2.24) is 4.98 Å². The highest BCUT2D eigenvalue weighted by molar-refractivity contribution is 14.1. The predicted molar refractivity (Wildman–Crippen MR) is 78.4 cm³/mol. The van der Waals surface area contributed by atoms with Crippen LogP contribution in [0.2, 0.25) is 0 Å². The third kappa shape index (κ3) is 6.21. The highest BCUT2D eigenvalue weighted by Crippen LogP contribution is 2.19. The Morgan fingerprint density at radius 3 is 2.47 bits per heavy atom. The van der Waals surface area contributed by atoms with Crippen molar-refractivity contribution >= 4 is 38.4 Å². The SMILES string of the molecule is CC(C)(C)CCS(=O)(=O)Nc1ccc(I)cn1. The van der Waals surface area contributed by atoms with Crippen molar-refractivity contribution in [2.45, 2.75) is 27.2 Å². The van der Waals surface area contributed by atoms with Gasteiger partial charge in [-0.3, -0.25) is 4.72 Å². The molecule has 0 aliphatic carbocycles. The Morgan fingerprint density at radius 1 is 1.35 bits per heavy atom. The van der Waals surface area contributed by atoms with Crippen molar-refractivity contribution in [3.63, 3.8) is 0 Å². The van der Waals surface area contributed by atoms with Crippen LogP contribution in [0.1, 0.15) is 27.2 Å². The maximum absolute atomic E-state index is 11.8. The second kappa shape index (κ2) is 5.51. The van der Waals surface area contributed by atoms with Gasteiger partial charge in [0.2, 0.25) is 10.0 Å². The van der Waals surface area contributed by atoms with Gasteiger partial charge in [0.05, 0.1) is 5.75 Å². The van der Waals surface area contributed by atoms with Crippen LogP contribution in [0.15, 0.2) is 18.3 Å². The molecule has 0 radical (unpaired) electrons. The zero-order valence-electron chi connectivity index (χ0n) is 10.2. The van der Waals surface area contributed by atoms with Crippen LogP contribution < -0.4 is 4.72 Å². The molecule has 17 heavy (non-hydrogen) atoms. The van der Waals surface area contributed by atoms with Gasteiger partial charge in [-0.2, -0.15) is 0 Å². The number of nitrogens with one attached hydrogen (secondary N) is 1. The summed E-state index contributed by atoms with van der Waals surface area (Å²) in [5.41, 5.74) is 0.00818. The van der Waals surface area contributed by atoms with Gasteiger partial charge in [0.15, 0.2) is 0 Å². The molecule has 0 amide bonds. The van der Waals surface area contributed by atoms with E-state index in [0.717, 1.165) is 3.57 Å². The lowest BCUT2D eigenvalue weighted by atomic mass is 9.94. The summed E-state index contributed by atoms with van der Waals surface area (Å²) in [5.74, 6) is 0.490. The smallest absolute Gasteiger partial charge is 0.233 e. The van der Waals surface area contributed by atoms with E-state index in [1.165, 1.54) is 0 Å². The fourth-order valence-electron chi connectivity index (χ4n) is 1.09. The van der Waals surface area contributed by atoms with Crippen LogP contribution in [0.5, 0.6) is 0 Å². The lowest BCUT2D eigenvalue weighted by Gasteiger charge is -2.17. The van der Waals surface area contributed by atoms with Crippen molar-refractivity contribution in [3.8, 4) is 0 Å². The standard InChI is InChI=1S/C11H17IN2O2S/c1-11(2,3)6-7-17(15,16)14-10-5-4-9(12)8-13-10/h4-5,8H,6-7H2,1-3H3,(H,13,14). The zero-order chi connectivity index (χ0) is 13.1. The highest BCUT2D eigenvalue weighted by Gasteiger charge is 2.17. The molecule has 0 spiro atoms. The molecule has 1 heterocycles. The van der Waals surface area contributed by atoms with E-state index in [4.69, 9.17) is 0 Å². The van der Waals surface area contributed by atoms with E-state index in [9.17, 15) is 8.42 Å². The number of halogens is 1. The molecule has 0 fully saturated rings. The highest BCUT2D eigenvalue weighted by atomic mass is 127. The van der Waals surface area contributed by atoms with Crippen molar-refractivity contribution < 1.29 is 8.42 Å². The topological polar surface area (TPSA) is 59.1 Å². The molecule has 0 atom stereocenters. The molecule has 0 aromatic carbocycles. The maximum Gasteiger partial charge on any atom is 0.233 e. The molecule has 6 heteroatoms.